The normalized spacial score (nSPS) is 17.4. The van der Waals surface area contributed by atoms with Gasteiger partial charge in [0.25, 0.3) is 0 Å². The molecule has 2 amide bonds. The number of hydrogen-bond acceptors (Lipinski definition) is 5. The van der Waals surface area contributed by atoms with Crippen LogP contribution >= 0.6 is 24.0 Å². The van der Waals surface area contributed by atoms with Gasteiger partial charge in [-0.2, -0.15) is 0 Å². The van der Waals surface area contributed by atoms with Gasteiger partial charge in [0, 0.05) is 58.0 Å². The Labute approximate surface area is 207 Å². The second kappa shape index (κ2) is 13.3. The third-order valence-corrected chi connectivity index (χ3v) is 5.75. The topological polar surface area (TPSA) is 89.5 Å². The maximum Gasteiger partial charge on any atom is 0.409 e. The number of amides is 2. The highest BCUT2D eigenvalue weighted by atomic mass is 127. The van der Waals surface area contributed by atoms with Crippen molar-refractivity contribution in [1.29, 1.82) is 0 Å². The maximum atomic E-state index is 12.6. The number of likely N-dealkylation sites (tertiary alicyclic amines) is 1. The molecule has 0 atom stereocenters. The molecule has 0 spiro atoms. The lowest BCUT2D eigenvalue weighted by Gasteiger charge is -2.36. The summed E-state index contributed by atoms with van der Waals surface area (Å²) < 4.78 is 5.06. The molecule has 2 saturated heterocycles. The first kappa shape index (κ1) is 26.0. The molecule has 9 nitrogen and oxygen atoms in total. The van der Waals surface area contributed by atoms with Crippen LogP contribution in [0.4, 0.5) is 10.5 Å². The van der Waals surface area contributed by atoms with Gasteiger partial charge < -0.3 is 30.1 Å². The highest BCUT2D eigenvalue weighted by Crippen LogP contribution is 2.15. The zero-order chi connectivity index (χ0) is 22.1. The number of carbonyl (C=O) groups is 2. The van der Waals surface area contributed by atoms with E-state index in [9.17, 15) is 9.59 Å². The van der Waals surface area contributed by atoms with Crippen LogP contribution in [0.1, 0.15) is 19.8 Å². The van der Waals surface area contributed by atoms with E-state index in [1.54, 1.807) is 11.9 Å². The Bertz CT molecular complexity index is 747. The predicted octanol–water partition coefficient (Wildman–Crippen LogP) is 1.74. The number of halogens is 1. The number of nitrogens with zero attached hydrogens (tertiary/aromatic N) is 4. The van der Waals surface area contributed by atoms with Gasteiger partial charge >= 0.3 is 6.09 Å². The monoisotopic (exact) mass is 558 g/mol. The van der Waals surface area contributed by atoms with Gasteiger partial charge in [0.15, 0.2) is 5.96 Å². The van der Waals surface area contributed by atoms with Crippen molar-refractivity contribution in [3.63, 3.8) is 0 Å². The standard InChI is InChI=1S/C22H34N6O3.HI/c1-3-31-22(30)28-11-9-18(10-12-28)25-21(23-2)24-17-20(29)27-15-13-26(14-16-27)19-7-5-4-6-8-19;/h4-8,18H,3,9-17H2,1-2H3,(H2,23,24,25);1H. The molecular formula is C22H35IN6O3. The van der Waals surface area contributed by atoms with Crippen LogP contribution in [0.15, 0.2) is 35.3 Å². The molecule has 32 heavy (non-hydrogen) atoms. The average Bonchev–Trinajstić information content (AvgIpc) is 2.82. The molecule has 3 rings (SSSR count). The molecule has 2 aliphatic heterocycles. The van der Waals surface area contributed by atoms with Crippen LogP contribution in [0, 0.1) is 0 Å². The first-order valence-electron chi connectivity index (χ1n) is 11.1. The number of para-hydroxylation sites is 1. The Kier molecular flexibility index (Phi) is 10.8. The molecule has 0 radical (unpaired) electrons. The summed E-state index contributed by atoms with van der Waals surface area (Å²) in [5.41, 5.74) is 1.20. The van der Waals surface area contributed by atoms with E-state index in [-0.39, 0.29) is 48.6 Å². The van der Waals surface area contributed by atoms with Gasteiger partial charge in [-0.25, -0.2) is 4.79 Å². The van der Waals surface area contributed by atoms with E-state index in [0.29, 0.717) is 38.7 Å². The molecule has 2 heterocycles. The summed E-state index contributed by atoms with van der Waals surface area (Å²) in [6.07, 6.45) is 1.38. The second-order valence-electron chi connectivity index (χ2n) is 7.73. The number of rotatable bonds is 5. The van der Waals surface area contributed by atoms with Crippen LogP contribution in [0.3, 0.4) is 0 Å². The van der Waals surface area contributed by atoms with Crippen LogP contribution in [0.5, 0.6) is 0 Å². The van der Waals surface area contributed by atoms with E-state index in [0.717, 1.165) is 25.9 Å². The number of guanidine groups is 1. The van der Waals surface area contributed by atoms with Crippen molar-refractivity contribution in [3.8, 4) is 0 Å². The number of benzene rings is 1. The Hall–Kier alpha value is -2.24. The smallest absolute Gasteiger partial charge is 0.409 e. The van der Waals surface area contributed by atoms with E-state index in [4.69, 9.17) is 4.74 Å². The predicted molar refractivity (Wildman–Crippen MR) is 137 cm³/mol. The Balaban J connectivity index is 0.00000363. The van der Waals surface area contributed by atoms with Gasteiger partial charge in [0.2, 0.25) is 5.91 Å². The van der Waals surface area contributed by atoms with Crippen LogP contribution < -0.4 is 15.5 Å². The van der Waals surface area contributed by atoms with Crippen molar-refractivity contribution < 1.29 is 14.3 Å². The van der Waals surface area contributed by atoms with Crippen molar-refractivity contribution in [2.45, 2.75) is 25.8 Å². The minimum Gasteiger partial charge on any atom is -0.450 e. The molecule has 10 heteroatoms. The van der Waals surface area contributed by atoms with Gasteiger partial charge in [0.1, 0.15) is 0 Å². The van der Waals surface area contributed by atoms with Crippen LogP contribution in [0.25, 0.3) is 0 Å². The van der Waals surface area contributed by atoms with Crippen molar-refractivity contribution in [3.05, 3.63) is 30.3 Å². The molecule has 0 aliphatic carbocycles. The molecule has 1 aromatic carbocycles. The first-order chi connectivity index (χ1) is 15.1. The fraction of sp³-hybridized carbons (Fsp3) is 0.591. The summed E-state index contributed by atoms with van der Waals surface area (Å²) >= 11 is 0. The Morgan fingerprint density at radius 3 is 2.28 bits per heavy atom. The lowest BCUT2D eigenvalue weighted by atomic mass is 10.1. The number of carbonyl (C=O) groups excluding carboxylic acids is 2. The summed E-state index contributed by atoms with van der Waals surface area (Å²) in [6.45, 7) is 6.82. The maximum absolute atomic E-state index is 12.6. The average molecular weight is 558 g/mol. The lowest BCUT2D eigenvalue weighted by molar-refractivity contribution is -0.130. The summed E-state index contributed by atoms with van der Waals surface area (Å²) in [6, 6.07) is 10.5. The highest BCUT2D eigenvalue weighted by molar-refractivity contribution is 14.0. The van der Waals surface area contributed by atoms with Gasteiger partial charge in [-0.15, -0.1) is 24.0 Å². The first-order valence-corrected chi connectivity index (χ1v) is 11.1. The molecule has 2 fully saturated rings. The number of hydrogen-bond donors (Lipinski definition) is 2. The zero-order valence-corrected chi connectivity index (χ0v) is 21.3. The Morgan fingerprint density at radius 1 is 1.03 bits per heavy atom. The molecular weight excluding hydrogens is 523 g/mol. The zero-order valence-electron chi connectivity index (χ0n) is 19.0. The third-order valence-electron chi connectivity index (χ3n) is 5.75. The van der Waals surface area contributed by atoms with Crippen LogP contribution in [-0.4, -0.2) is 93.3 Å². The van der Waals surface area contributed by atoms with Gasteiger partial charge in [0.05, 0.1) is 13.2 Å². The fourth-order valence-electron chi connectivity index (χ4n) is 3.93. The number of aliphatic imine (C=N–C) groups is 1. The SMILES string of the molecule is CCOC(=O)N1CCC(NC(=NC)NCC(=O)N2CCN(c3ccccc3)CC2)CC1.I. The quantitative estimate of drug-likeness (QED) is 0.325. The third kappa shape index (κ3) is 7.42. The van der Waals surface area contributed by atoms with Crippen molar-refractivity contribution in [2.24, 2.45) is 4.99 Å². The second-order valence-corrected chi connectivity index (χ2v) is 7.73. The van der Waals surface area contributed by atoms with Gasteiger partial charge in [-0.1, -0.05) is 18.2 Å². The van der Waals surface area contributed by atoms with E-state index in [1.807, 2.05) is 30.0 Å². The fourth-order valence-corrected chi connectivity index (χ4v) is 3.93. The lowest BCUT2D eigenvalue weighted by Crippen LogP contribution is -2.53. The highest BCUT2D eigenvalue weighted by Gasteiger charge is 2.25. The van der Waals surface area contributed by atoms with E-state index in [2.05, 4.69) is 32.7 Å². The number of nitrogens with one attached hydrogen (secondary N) is 2. The van der Waals surface area contributed by atoms with Gasteiger partial charge in [-0.3, -0.25) is 9.79 Å². The van der Waals surface area contributed by atoms with Crippen molar-refractivity contribution in [2.75, 3.05) is 64.4 Å². The largest absolute Gasteiger partial charge is 0.450 e. The molecule has 1 aromatic rings. The van der Waals surface area contributed by atoms with Crippen molar-refractivity contribution >= 4 is 47.6 Å². The summed E-state index contributed by atoms with van der Waals surface area (Å²) in [4.78, 5) is 34.6. The van der Waals surface area contributed by atoms with Crippen molar-refractivity contribution in [1.82, 2.24) is 20.4 Å². The minimum atomic E-state index is -0.249. The number of ether oxygens (including phenoxy) is 1. The number of anilines is 1. The Morgan fingerprint density at radius 2 is 1.69 bits per heavy atom. The van der Waals surface area contributed by atoms with E-state index >= 15 is 0 Å². The molecule has 2 aliphatic rings. The van der Waals surface area contributed by atoms with E-state index in [1.165, 1.54) is 5.69 Å². The van der Waals surface area contributed by atoms with E-state index < -0.39 is 0 Å². The summed E-state index contributed by atoms with van der Waals surface area (Å²) in [5, 5.41) is 6.50. The van der Waals surface area contributed by atoms with Crippen LogP contribution in [0.2, 0.25) is 0 Å². The molecule has 0 saturated carbocycles. The van der Waals surface area contributed by atoms with Gasteiger partial charge in [-0.05, 0) is 31.9 Å². The molecule has 0 bridgehead atoms. The van der Waals surface area contributed by atoms with Crippen LogP contribution in [-0.2, 0) is 9.53 Å². The number of piperidine rings is 1. The molecule has 0 aromatic heterocycles. The summed E-state index contributed by atoms with van der Waals surface area (Å²) in [7, 11) is 1.70. The number of piperazine rings is 1. The summed E-state index contributed by atoms with van der Waals surface area (Å²) in [5.74, 6) is 0.693. The minimum absolute atomic E-state index is 0. The molecule has 178 valence electrons. The molecule has 0 unspecified atom stereocenters. The molecule has 2 N–H and O–H groups in total.